The summed E-state index contributed by atoms with van der Waals surface area (Å²) >= 11 is 1.98. The van der Waals surface area contributed by atoms with Crippen LogP contribution in [0.25, 0.3) is 0 Å². The highest BCUT2D eigenvalue weighted by Crippen LogP contribution is 2.28. The first-order valence-electron chi connectivity index (χ1n) is 8.57. The summed E-state index contributed by atoms with van der Waals surface area (Å²) in [5, 5.41) is 11.1. The Morgan fingerprint density at radius 2 is 2.08 bits per heavy atom. The topological polar surface area (TPSA) is 57.7 Å². The summed E-state index contributed by atoms with van der Waals surface area (Å²) in [4.78, 5) is 4.35. The van der Waals surface area contributed by atoms with Crippen molar-refractivity contribution in [2.24, 2.45) is 4.99 Å². The van der Waals surface area contributed by atoms with Crippen LogP contribution in [0.4, 0.5) is 5.69 Å². The molecule has 1 aliphatic rings. The molecule has 0 bridgehead atoms. The van der Waals surface area contributed by atoms with Crippen molar-refractivity contribution in [3.63, 3.8) is 0 Å². The molecule has 0 spiro atoms. The molecule has 1 aliphatic carbocycles. The molecule has 3 N–H and O–H groups in total. The number of rotatable bonds is 8. The smallest absolute Gasteiger partial charge is 0.191 e. The number of aliphatic imine (C=N–C) groups is 1. The molecule has 1 saturated carbocycles. The number of thioether (sulfide) groups is 1. The predicted molar refractivity (Wildman–Crippen MR) is 105 cm³/mol. The molecule has 0 radical (unpaired) electrons. The van der Waals surface area contributed by atoms with E-state index in [0.717, 1.165) is 30.0 Å². The van der Waals surface area contributed by atoms with Crippen molar-refractivity contribution in [2.75, 3.05) is 38.9 Å². The first-order chi connectivity index (χ1) is 11.7. The molecule has 134 valence electrons. The van der Waals surface area contributed by atoms with E-state index in [9.17, 15) is 0 Å². The molecule has 2 unspecified atom stereocenters. The lowest BCUT2D eigenvalue weighted by Crippen LogP contribution is -2.42. The fourth-order valence-corrected chi connectivity index (χ4v) is 3.69. The number of benzene rings is 1. The van der Waals surface area contributed by atoms with Crippen LogP contribution >= 0.6 is 11.8 Å². The predicted octanol–water partition coefficient (Wildman–Crippen LogP) is 2.69. The van der Waals surface area contributed by atoms with Gasteiger partial charge in [0.2, 0.25) is 0 Å². The van der Waals surface area contributed by atoms with E-state index in [0.29, 0.717) is 12.6 Å². The summed E-state index contributed by atoms with van der Waals surface area (Å²) in [5.74, 6) is 0.893. The minimum absolute atomic E-state index is 0.543. The van der Waals surface area contributed by atoms with Crippen LogP contribution in [0.2, 0.25) is 0 Å². The van der Waals surface area contributed by atoms with Gasteiger partial charge in [0.15, 0.2) is 5.96 Å². The average molecular weight is 351 g/mol. The van der Waals surface area contributed by atoms with Crippen LogP contribution in [0, 0.1) is 0 Å². The Morgan fingerprint density at radius 3 is 2.71 bits per heavy atom. The lowest BCUT2D eigenvalue weighted by Gasteiger charge is -2.17. The number of anilines is 1. The van der Waals surface area contributed by atoms with Crippen molar-refractivity contribution < 1.29 is 4.74 Å². The number of ether oxygens (including phenoxy) is 1. The van der Waals surface area contributed by atoms with Gasteiger partial charge in [-0.3, -0.25) is 4.99 Å². The largest absolute Gasteiger partial charge is 0.383 e. The van der Waals surface area contributed by atoms with Gasteiger partial charge >= 0.3 is 0 Å². The van der Waals surface area contributed by atoms with Crippen molar-refractivity contribution in [3.8, 4) is 0 Å². The maximum absolute atomic E-state index is 5.04. The number of nitrogens with zero attached hydrogens (tertiary/aromatic N) is 1. The van der Waals surface area contributed by atoms with E-state index in [2.05, 4.69) is 51.5 Å². The number of nitrogens with one attached hydrogen (secondary N) is 3. The SMILES string of the molecule is CN=C(NCc1ccc(NCCOC)cc1)NC1CCC(SC)C1. The highest BCUT2D eigenvalue weighted by Gasteiger charge is 2.24. The Kier molecular flexibility index (Phi) is 8.25. The third-order valence-corrected chi connectivity index (χ3v) is 5.43. The van der Waals surface area contributed by atoms with Crippen LogP contribution in [0.15, 0.2) is 29.3 Å². The van der Waals surface area contributed by atoms with Gasteiger partial charge in [0, 0.05) is 44.2 Å². The van der Waals surface area contributed by atoms with Crippen LogP contribution in [0.3, 0.4) is 0 Å². The van der Waals surface area contributed by atoms with Crippen LogP contribution in [-0.4, -0.2) is 50.8 Å². The number of hydrogen-bond acceptors (Lipinski definition) is 4. The molecule has 0 saturated heterocycles. The lowest BCUT2D eigenvalue weighted by atomic mass is 10.2. The van der Waals surface area contributed by atoms with Gasteiger partial charge in [-0.25, -0.2) is 0 Å². The van der Waals surface area contributed by atoms with E-state index in [-0.39, 0.29) is 0 Å². The van der Waals surface area contributed by atoms with Crippen molar-refractivity contribution in [1.29, 1.82) is 0 Å². The van der Waals surface area contributed by atoms with Crippen LogP contribution in [0.5, 0.6) is 0 Å². The molecule has 1 fully saturated rings. The normalized spacial score (nSPS) is 20.9. The van der Waals surface area contributed by atoms with Gasteiger partial charge in [-0.15, -0.1) is 0 Å². The number of guanidine groups is 1. The minimum Gasteiger partial charge on any atom is -0.383 e. The number of hydrogen-bond donors (Lipinski definition) is 3. The Labute approximate surface area is 150 Å². The summed E-state index contributed by atoms with van der Waals surface area (Å²) in [7, 11) is 3.54. The zero-order valence-electron chi connectivity index (χ0n) is 15.0. The van der Waals surface area contributed by atoms with Gasteiger partial charge in [-0.2, -0.15) is 11.8 Å². The summed E-state index contributed by atoms with van der Waals surface area (Å²) in [5.41, 5.74) is 2.36. The summed E-state index contributed by atoms with van der Waals surface area (Å²) < 4.78 is 5.04. The molecule has 2 rings (SSSR count). The Bertz CT molecular complexity index is 506. The van der Waals surface area contributed by atoms with E-state index in [1.807, 2.05) is 18.8 Å². The molecule has 0 aliphatic heterocycles. The molecule has 0 amide bonds. The highest BCUT2D eigenvalue weighted by molar-refractivity contribution is 7.99. The van der Waals surface area contributed by atoms with E-state index >= 15 is 0 Å². The zero-order valence-corrected chi connectivity index (χ0v) is 15.8. The zero-order chi connectivity index (χ0) is 17.2. The lowest BCUT2D eigenvalue weighted by molar-refractivity contribution is 0.211. The molecule has 1 aromatic rings. The second kappa shape index (κ2) is 10.5. The Balaban J connectivity index is 1.74. The molecule has 6 heteroatoms. The fourth-order valence-electron chi connectivity index (χ4n) is 2.90. The first kappa shape index (κ1) is 18.9. The van der Waals surface area contributed by atoms with Crippen LogP contribution in [0.1, 0.15) is 24.8 Å². The molecule has 0 heterocycles. The maximum atomic E-state index is 5.04. The Hall–Kier alpha value is -1.40. The molecular formula is C18H30N4OS. The van der Waals surface area contributed by atoms with E-state index in [1.165, 1.54) is 24.8 Å². The maximum Gasteiger partial charge on any atom is 0.191 e. The first-order valence-corrected chi connectivity index (χ1v) is 9.85. The summed E-state index contributed by atoms with van der Waals surface area (Å²) in [6.45, 7) is 2.31. The molecule has 1 aromatic carbocycles. The molecule has 5 nitrogen and oxygen atoms in total. The van der Waals surface area contributed by atoms with Gasteiger partial charge in [0.05, 0.1) is 6.61 Å². The van der Waals surface area contributed by atoms with E-state index < -0.39 is 0 Å². The van der Waals surface area contributed by atoms with Crippen molar-refractivity contribution in [1.82, 2.24) is 10.6 Å². The third-order valence-electron chi connectivity index (χ3n) is 4.33. The van der Waals surface area contributed by atoms with Crippen LogP contribution < -0.4 is 16.0 Å². The van der Waals surface area contributed by atoms with Gasteiger partial charge in [-0.05, 0) is 43.2 Å². The van der Waals surface area contributed by atoms with E-state index in [4.69, 9.17) is 4.74 Å². The van der Waals surface area contributed by atoms with Crippen LogP contribution in [-0.2, 0) is 11.3 Å². The molecule has 2 atom stereocenters. The average Bonchev–Trinajstić information content (AvgIpc) is 3.07. The standard InChI is InChI=1S/C18H30N4OS/c1-19-18(22-16-8-9-17(12-16)24-3)21-13-14-4-6-15(7-5-14)20-10-11-23-2/h4-7,16-17,20H,8-13H2,1-3H3,(H2,19,21,22). The Morgan fingerprint density at radius 1 is 1.29 bits per heavy atom. The summed E-state index contributed by atoms with van der Waals surface area (Å²) in [6, 6.07) is 9.01. The highest BCUT2D eigenvalue weighted by atomic mass is 32.2. The van der Waals surface area contributed by atoms with E-state index in [1.54, 1.807) is 7.11 Å². The fraction of sp³-hybridized carbons (Fsp3) is 0.611. The quantitative estimate of drug-likeness (QED) is 0.382. The number of methoxy groups -OCH3 is 1. The van der Waals surface area contributed by atoms with Crippen molar-refractivity contribution in [3.05, 3.63) is 29.8 Å². The molecule has 24 heavy (non-hydrogen) atoms. The van der Waals surface area contributed by atoms with Gasteiger partial charge in [0.25, 0.3) is 0 Å². The third kappa shape index (κ3) is 6.24. The van der Waals surface area contributed by atoms with Crippen molar-refractivity contribution in [2.45, 2.75) is 37.1 Å². The van der Waals surface area contributed by atoms with Crippen molar-refractivity contribution >= 4 is 23.4 Å². The monoisotopic (exact) mass is 350 g/mol. The van der Waals surface area contributed by atoms with Gasteiger partial charge in [0.1, 0.15) is 0 Å². The van der Waals surface area contributed by atoms with Gasteiger partial charge < -0.3 is 20.7 Å². The second-order valence-electron chi connectivity index (χ2n) is 6.05. The summed E-state index contributed by atoms with van der Waals surface area (Å²) in [6.07, 6.45) is 5.96. The van der Waals surface area contributed by atoms with Gasteiger partial charge in [-0.1, -0.05) is 12.1 Å². The molecule has 0 aromatic heterocycles. The minimum atomic E-state index is 0.543. The second-order valence-corrected chi connectivity index (χ2v) is 7.19. The molecular weight excluding hydrogens is 320 g/mol.